The number of aromatic nitrogens is 1. The summed E-state index contributed by atoms with van der Waals surface area (Å²) in [5.74, 6) is 0.419. The molecular weight excluding hydrogens is 170 g/mol. The largest absolute Gasteiger partial charge is 0.451 e. The van der Waals surface area contributed by atoms with Gasteiger partial charge in [0.15, 0.2) is 6.79 Å². The smallest absolute Gasteiger partial charge is 0.215 e. The highest BCUT2D eigenvalue weighted by Crippen LogP contribution is 2.09. The van der Waals surface area contributed by atoms with Gasteiger partial charge in [0.2, 0.25) is 5.88 Å². The lowest BCUT2D eigenvalue weighted by molar-refractivity contribution is -0.116. The molecule has 1 aromatic heterocycles. The SMILES string of the molecule is CC(=O)Cc1ccnc(OCO)c1. The van der Waals surface area contributed by atoms with Crippen LogP contribution >= 0.6 is 0 Å². The van der Waals surface area contributed by atoms with Crippen LogP contribution in [0.2, 0.25) is 0 Å². The number of carbonyl (C=O) groups is 1. The van der Waals surface area contributed by atoms with E-state index in [-0.39, 0.29) is 5.78 Å². The van der Waals surface area contributed by atoms with E-state index >= 15 is 0 Å². The van der Waals surface area contributed by atoms with Crippen LogP contribution in [0, 0.1) is 0 Å². The monoisotopic (exact) mass is 181 g/mol. The first kappa shape index (κ1) is 9.67. The van der Waals surface area contributed by atoms with Gasteiger partial charge in [0.1, 0.15) is 5.78 Å². The number of ketones is 1. The summed E-state index contributed by atoms with van der Waals surface area (Å²) in [7, 11) is 0. The van der Waals surface area contributed by atoms with Crippen LogP contribution in [-0.4, -0.2) is 22.7 Å². The third-order valence-corrected chi connectivity index (χ3v) is 1.46. The van der Waals surface area contributed by atoms with Crippen LogP contribution in [-0.2, 0) is 11.2 Å². The van der Waals surface area contributed by atoms with E-state index in [0.29, 0.717) is 12.3 Å². The molecule has 4 nitrogen and oxygen atoms in total. The molecule has 0 aliphatic rings. The molecule has 1 rings (SSSR count). The Balaban J connectivity index is 2.73. The summed E-state index contributed by atoms with van der Waals surface area (Å²) in [6.45, 7) is 1.11. The minimum atomic E-state index is -0.406. The van der Waals surface area contributed by atoms with Crippen molar-refractivity contribution < 1.29 is 14.6 Å². The molecule has 0 atom stereocenters. The molecule has 0 saturated heterocycles. The van der Waals surface area contributed by atoms with Crippen LogP contribution in [0.3, 0.4) is 0 Å². The van der Waals surface area contributed by atoms with E-state index in [2.05, 4.69) is 4.98 Å². The third kappa shape index (κ3) is 3.21. The van der Waals surface area contributed by atoms with Crippen molar-refractivity contribution in [2.75, 3.05) is 6.79 Å². The fraction of sp³-hybridized carbons (Fsp3) is 0.333. The van der Waals surface area contributed by atoms with Gasteiger partial charge in [-0.15, -0.1) is 0 Å². The maximum atomic E-state index is 10.8. The minimum absolute atomic E-state index is 0.0844. The van der Waals surface area contributed by atoms with Gasteiger partial charge in [0, 0.05) is 18.7 Å². The van der Waals surface area contributed by atoms with Crippen LogP contribution in [0.4, 0.5) is 0 Å². The van der Waals surface area contributed by atoms with E-state index in [4.69, 9.17) is 9.84 Å². The Kier molecular flexibility index (Phi) is 3.40. The first-order valence-corrected chi connectivity index (χ1v) is 3.90. The van der Waals surface area contributed by atoms with E-state index in [1.54, 1.807) is 18.3 Å². The second-order valence-electron chi connectivity index (χ2n) is 2.65. The topological polar surface area (TPSA) is 59.4 Å². The van der Waals surface area contributed by atoms with E-state index in [9.17, 15) is 4.79 Å². The maximum absolute atomic E-state index is 10.8. The third-order valence-electron chi connectivity index (χ3n) is 1.46. The van der Waals surface area contributed by atoms with Gasteiger partial charge in [-0.05, 0) is 18.6 Å². The van der Waals surface area contributed by atoms with Gasteiger partial charge in [0.25, 0.3) is 0 Å². The molecule has 0 radical (unpaired) electrons. The average Bonchev–Trinajstić information content (AvgIpc) is 2.04. The molecular formula is C9H11NO3. The van der Waals surface area contributed by atoms with Crippen molar-refractivity contribution in [2.24, 2.45) is 0 Å². The summed E-state index contributed by atoms with van der Waals surface area (Å²) in [6.07, 6.45) is 1.91. The van der Waals surface area contributed by atoms with Gasteiger partial charge in [-0.1, -0.05) is 0 Å². The Labute approximate surface area is 76.2 Å². The molecule has 0 saturated carbocycles. The lowest BCUT2D eigenvalue weighted by atomic mass is 10.1. The second-order valence-corrected chi connectivity index (χ2v) is 2.65. The Morgan fingerprint density at radius 3 is 3.08 bits per heavy atom. The molecule has 0 spiro atoms. The highest BCUT2D eigenvalue weighted by molar-refractivity contribution is 5.78. The lowest BCUT2D eigenvalue weighted by Crippen LogP contribution is -2.00. The number of Topliss-reactive ketones (excluding diaryl/α,β-unsaturated/α-hetero) is 1. The zero-order valence-electron chi connectivity index (χ0n) is 7.36. The molecule has 1 heterocycles. The Bertz CT molecular complexity index is 299. The zero-order valence-corrected chi connectivity index (χ0v) is 7.36. The van der Waals surface area contributed by atoms with Crippen molar-refractivity contribution in [3.8, 4) is 5.88 Å². The predicted octanol–water partition coefficient (Wildman–Crippen LogP) is 0.542. The van der Waals surface area contributed by atoms with Gasteiger partial charge in [-0.2, -0.15) is 0 Å². The molecule has 13 heavy (non-hydrogen) atoms. The zero-order chi connectivity index (χ0) is 9.68. The molecule has 0 amide bonds. The van der Waals surface area contributed by atoms with Gasteiger partial charge >= 0.3 is 0 Å². The predicted molar refractivity (Wildman–Crippen MR) is 46.3 cm³/mol. The number of hydrogen-bond donors (Lipinski definition) is 1. The second kappa shape index (κ2) is 4.57. The molecule has 0 aliphatic carbocycles. The number of aliphatic hydroxyl groups is 1. The van der Waals surface area contributed by atoms with Crippen molar-refractivity contribution in [1.29, 1.82) is 0 Å². The van der Waals surface area contributed by atoms with E-state index < -0.39 is 6.79 Å². The Morgan fingerprint density at radius 1 is 1.69 bits per heavy atom. The lowest BCUT2D eigenvalue weighted by Gasteiger charge is -2.02. The molecule has 0 aliphatic heterocycles. The normalized spacial score (nSPS) is 9.69. The summed E-state index contributed by atoms with van der Waals surface area (Å²) in [5.41, 5.74) is 0.839. The minimum Gasteiger partial charge on any atom is -0.451 e. The Hall–Kier alpha value is -1.42. The highest BCUT2D eigenvalue weighted by atomic mass is 16.6. The van der Waals surface area contributed by atoms with Crippen LogP contribution < -0.4 is 4.74 Å². The van der Waals surface area contributed by atoms with Gasteiger partial charge in [-0.3, -0.25) is 4.79 Å². The number of aliphatic hydroxyl groups excluding tert-OH is 1. The van der Waals surface area contributed by atoms with Gasteiger partial charge in [-0.25, -0.2) is 4.98 Å². The van der Waals surface area contributed by atoms with Gasteiger partial charge < -0.3 is 9.84 Å². The molecule has 4 heteroatoms. The van der Waals surface area contributed by atoms with E-state index in [1.807, 2.05) is 0 Å². The Morgan fingerprint density at radius 2 is 2.46 bits per heavy atom. The van der Waals surface area contributed by atoms with Crippen LogP contribution in [0.5, 0.6) is 5.88 Å². The number of pyridine rings is 1. The standard InChI is InChI=1S/C9H11NO3/c1-7(12)4-8-2-3-10-9(5-8)13-6-11/h2-3,5,11H,4,6H2,1H3. The quantitative estimate of drug-likeness (QED) is 0.689. The van der Waals surface area contributed by atoms with Crippen molar-refractivity contribution >= 4 is 5.78 Å². The first-order chi connectivity index (χ1) is 6.22. The van der Waals surface area contributed by atoms with Crippen LogP contribution in [0.15, 0.2) is 18.3 Å². The number of carbonyl (C=O) groups excluding carboxylic acids is 1. The average molecular weight is 181 g/mol. The fourth-order valence-electron chi connectivity index (χ4n) is 0.993. The molecule has 1 aromatic rings. The molecule has 0 unspecified atom stereocenters. The summed E-state index contributed by atoms with van der Waals surface area (Å²) < 4.78 is 4.76. The number of hydrogen-bond acceptors (Lipinski definition) is 4. The molecule has 0 aromatic carbocycles. The van der Waals surface area contributed by atoms with E-state index in [0.717, 1.165) is 5.56 Å². The van der Waals surface area contributed by atoms with Crippen molar-refractivity contribution in [3.05, 3.63) is 23.9 Å². The number of rotatable bonds is 4. The molecule has 0 bridgehead atoms. The van der Waals surface area contributed by atoms with Crippen LogP contribution in [0.25, 0.3) is 0 Å². The molecule has 1 N–H and O–H groups in total. The molecule has 70 valence electrons. The van der Waals surface area contributed by atoms with Gasteiger partial charge in [0.05, 0.1) is 0 Å². The first-order valence-electron chi connectivity index (χ1n) is 3.90. The molecule has 0 fully saturated rings. The summed E-state index contributed by atoms with van der Waals surface area (Å²) in [5, 5.41) is 8.46. The number of ether oxygens (including phenoxy) is 1. The summed E-state index contributed by atoms with van der Waals surface area (Å²) in [4.78, 5) is 14.6. The summed E-state index contributed by atoms with van der Waals surface area (Å²) >= 11 is 0. The summed E-state index contributed by atoms with van der Waals surface area (Å²) in [6, 6.07) is 3.38. The van der Waals surface area contributed by atoms with Crippen molar-refractivity contribution in [3.63, 3.8) is 0 Å². The maximum Gasteiger partial charge on any atom is 0.215 e. The number of nitrogens with zero attached hydrogens (tertiary/aromatic N) is 1. The highest BCUT2D eigenvalue weighted by Gasteiger charge is 2.00. The van der Waals surface area contributed by atoms with E-state index in [1.165, 1.54) is 6.92 Å². The van der Waals surface area contributed by atoms with Crippen molar-refractivity contribution in [1.82, 2.24) is 4.98 Å². The fourth-order valence-corrected chi connectivity index (χ4v) is 0.993. The van der Waals surface area contributed by atoms with Crippen molar-refractivity contribution in [2.45, 2.75) is 13.3 Å². The van der Waals surface area contributed by atoms with Crippen LogP contribution in [0.1, 0.15) is 12.5 Å².